The van der Waals surface area contributed by atoms with E-state index in [1.807, 2.05) is 12.4 Å². The summed E-state index contributed by atoms with van der Waals surface area (Å²) in [6.45, 7) is 7.69. The van der Waals surface area contributed by atoms with Gasteiger partial charge in [-0.1, -0.05) is 13.8 Å². The Hall–Kier alpha value is -1.09. The number of hydrogen-bond donors (Lipinski definition) is 1. The molecule has 1 fully saturated rings. The van der Waals surface area contributed by atoms with E-state index < -0.39 is 0 Å². The summed E-state index contributed by atoms with van der Waals surface area (Å²) in [5.74, 6) is 1.80. The molecule has 0 aliphatic heterocycles. The van der Waals surface area contributed by atoms with Crippen LogP contribution in [0.15, 0.2) is 18.5 Å². The Bertz CT molecular complexity index is 378. The van der Waals surface area contributed by atoms with E-state index >= 15 is 0 Å². The molecular formula is C15H25N3. The van der Waals surface area contributed by atoms with Crippen molar-refractivity contribution in [3.8, 4) is 0 Å². The molecule has 1 aromatic heterocycles. The van der Waals surface area contributed by atoms with E-state index in [0.29, 0.717) is 0 Å². The van der Waals surface area contributed by atoms with Gasteiger partial charge in [0.1, 0.15) is 0 Å². The molecule has 0 bridgehead atoms. The third-order valence-corrected chi connectivity index (χ3v) is 3.82. The van der Waals surface area contributed by atoms with Gasteiger partial charge in [0.25, 0.3) is 0 Å². The monoisotopic (exact) mass is 247 g/mol. The summed E-state index contributed by atoms with van der Waals surface area (Å²) in [7, 11) is 2.20. The molecule has 0 amide bonds. The summed E-state index contributed by atoms with van der Waals surface area (Å²) < 4.78 is 0. The van der Waals surface area contributed by atoms with Gasteiger partial charge in [-0.25, -0.2) is 0 Å². The smallest absolute Gasteiger partial charge is 0.0440 e. The maximum absolute atomic E-state index is 4.25. The highest BCUT2D eigenvalue weighted by atomic mass is 15.1. The molecule has 1 heterocycles. The van der Waals surface area contributed by atoms with Crippen LogP contribution in [0.3, 0.4) is 0 Å². The molecule has 0 radical (unpaired) electrons. The first-order valence-electron chi connectivity index (χ1n) is 7.07. The van der Waals surface area contributed by atoms with Gasteiger partial charge in [-0.2, -0.15) is 0 Å². The van der Waals surface area contributed by atoms with Gasteiger partial charge in [0.2, 0.25) is 0 Å². The number of pyridine rings is 1. The topological polar surface area (TPSA) is 28.2 Å². The lowest BCUT2D eigenvalue weighted by molar-refractivity contribution is 0.668. The molecule has 2 unspecified atom stereocenters. The van der Waals surface area contributed by atoms with E-state index in [9.17, 15) is 0 Å². The number of rotatable bonds is 7. The van der Waals surface area contributed by atoms with Crippen LogP contribution in [0, 0.1) is 11.8 Å². The van der Waals surface area contributed by atoms with Crippen LogP contribution in [0.5, 0.6) is 0 Å². The Balaban J connectivity index is 1.96. The SMILES string of the molecule is CCCNCc1cnccc1N(C)CC1CC1C. The molecule has 2 rings (SSSR count). The molecule has 1 aliphatic rings. The van der Waals surface area contributed by atoms with Crippen LogP contribution in [0.25, 0.3) is 0 Å². The summed E-state index contributed by atoms with van der Waals surface area (Å²) >= 11 is 0. The van der Waals surface area contributed by atoms with Gasteiger partial charge < -0.3 is 10.2 Å². The highest BCUT2D eigenvalue weighted by Gasteiger charge is 2.33. The minimum Gasteiger partial charge on any atom is -0.374 e. The fraction of sp³-hybridized carbons (Fsp3) is 0.667. The Labute approximate surface area is 111 Å². The zero-order chi connectivity index (χ0) is 13.0. The molecule has 0 saturated heterocycles. The fourth-order valence-corrected chi connectivity index (χ4v) is 2.43. The molecule has 3 heteroatoms. The van der Waals surface area contributed by atoms with Gasteiger partial charge >= 0.3 is 0 Å². The quantitative estimate of drug-likeness (QED) is 0.751. The normalized spacial score (nSPS) is 21.9. The first kappa shape index (κ1) is 13.3. The zero-order valence-electron chi connectivity index (χ0n) is 11.8. The Morgan fingerprint density at radius 2 is 2.28 bits per heavy atom. The van der Waals surface area contributed by atoms with E-state index in [1.54, 1.807) is 0 Å². The highest BCUT2D eigenvalue weighted by molar-refractivity contribution is 5.51. The van der Waals surface area contributed by atoms with Gasteiger partial charge in [-0.05, 0) is 37.3 Å². The second-order valence-corrected chi connectivity index (χ2v) is 5.53. The number of nitrogens with zero attached hydrogens (tertiary/aromatic N) is 2. The Morgan fingerprint density at radius 1 is 1.50 bits per heavy atom. The summed E-state index contributed by atoms with van der Waals surface area (Å²) in [5, 5.41) is 3.46. The van der Waals surface area contributed by atoms with E-state index in [4.69, 9.17) is 0 Å². The van der Waals surface area contributed by atoms with Crippen molar-refractivity contribution in [2.24, 2.45) is 11.8 Å². The van der Waals surface area contributed by atoms with Gasteiger partial charge in [-0.15, -0.1) is 0 Å². The second kappa shape index (κ2) is 6.19. The van der Waals surface area contributed by atoms with Crippen LogP contribution in [-0.2, 0) is 6.54 Å². The van der Waals surface area contributed by atoms with Crippen LogP contribution < -0.4 is 10.2 Å². The fourth-order valence-electron chi connectivity index (χ4n) is 2.43. The standard InChI is InChI=1S/C15H25N3/c1-4-6-16-9-14-10-17-7-5-15(14)18(3)11-13-8-12(13)2/h5,7,10,12-13,16H,4,6,8-9,11H2,1-3H3. The average molecular weight is 247 g/mol. The number of aromatic nitrogens is 1. The van der Waals surface area contributed by atoms with E-state index in [0.717, 1.165) is 24.9 Å². The molecule has 18 heavy (non-hydrogen) atoms. The van der Waals surface area contributed by atoms with Crippen molar-refractivity contribution >= 4 is 5.69 Å². The first-order valence-corrected chi connectivity index (χ1v) is 7.07. The second-order valence-electron chi connectivity index (χ2n) is 5.53. The molecule has 3 nitrogen and oxygen atoms in total. The lowest BCUT2D eigenvalue weighted by atomic mass is 10.2. The minimum absolute atomic E-state index is 0.889. The van der Waals surface area contributed by atoms with Gasteiger partial charge in [-0.3, -0.25) is 4.98 Å². The predicted molar refractivity (Wildman–Crippen MR) is 76.8 cm³/mol. The predicted octanol–water partition coefficient (Wildman–Crippen LogP) is 2.67. The van der Waals surface area contributed by atoms with Crippen molar-refractivity contribution in [2.75, 3.05) is 25.0 Å². The molecule has 1 N–H and O–H groups in total. The molecule has 1 aliphatic carbocycles. The van der Waals surface area contributed by atoms with Crippen molar-refractivity contribution in [1.82, 2.24) is 10.3 Å². The molecule has 0 spiro atoms. The Morgan fingerprint density at radius 3 is 2.94 bits per heavy atom. The van der Waals surface area contributed by atoms with Gasteiger partial charge in [0.05, 0.1) is 0 Å². The summed E-state index contributed by atoms with van der Waals surface area (Å²) in [5.41, 5.74) is 2.63. The third-order valence-electron chi connectivity index (χ3n) is 3.82. The summed E-state index contributed by atoms with van der Waals surface area (Å²) in [6, 6.07) is 2.13. The largest absolute Gasteiger partial charge is 0.374 e. The molecular weight excluding hydrogens is 222 g/mol. The molecule has 1 saturated carbocycles. The van der Waals surface area contributed by atoms with Gasteiger partial charge in [0.15, 0.2) is 0 Å². The maximum atomic E-state index is 4.25. The first-order chi connectivity index (χ1) is 8.72. The van der Waals surface area contributed by atoms with Crippen LogP contribution in [-0.4, -0.2) is 25.1 Å². The van der Waals surface area contributed by atoms with Gasteiger partial charge in [0, 0.05) is 43.8 Å². The number of nitrogens with one attached hydrogen (secondary N) is 1. The van der Waals surface area contributed by atoms with Crippen molar-refractivity contribution in [1.29, 1.82) is 0 Å². The highest BCUT2D eigenvalue weighted by Crippen LogP contribution is 2.38. The number of hydrogen-bond acceptors (Lipinski definition) is 3. The van der Waals surface area contributed by atoms with E-state index in [-0.39, 0.29) is 0 Å². The summed E-state index contributed by atoms with van der Waals surface area (Å²) in [6.07, 6.45) is 6.44. The van der Waals surface area contributed by atoms with E-state index in [2.05, 4.69) is 42.2 Å². The summed E-state index contributed by atoms with van der Waals surface area (Å²) in [4.78, 5) is 6.64. The lowest BCUT2D eigenvalue weighted by Crippen LogP contribution is -2.24. The molecule has 0 aromatic carbocycles. The van der Waals surface area contributed by atoms with Crippen molar-refractivity contribution < 1.29 is 0 Å². The lowest BCUT2D eigenvalue weighted by Gasteiger charge is -2.22. The number of anilines is 1. The molecule has 2 atom stereocenters. The Kier molecular flexibility index (Phi) is 4.59. The van der Waals surface area contributed by atoms with Crippen molar-refractivity contribution in [2.45, 2.75) is 33.2 Å². The average Bonchev–Trinajstić information content (AvgIpc) is 3.05. The van der Waals surface area contributed by atoms with Crippen molar-refractivity contribution in [3.05, 3.63) is 24.0 Å². The molecule has 1 aromatic rings. The minimum atomic E-state index is 0.889. The van der Waals surface area contributed by atoms with Crippen LogP contribution >= 0.6 is 0 Å². The van der Waals surface area contributed by atoms with Crippen molar-refractivity contribution in [3.63, 3.8) is 0 Å². The van der Waals surface area contributed by atoms with E-state index in [1.165, 1.54) is 30.6 Å². The van der Waals surface area contributed by atoms with Crippen LogP contribution in [0.1, 0.15) is 32.3 Å². The van der Waals surface area contributed by atoms with Crippen LogP contribution in [0.2, 0.25) is 0 Å². The third kappa shape index (κ3) is 3.45. The molecule has 100 valence electrons. The maximum Gasteiger partial charge on any atom is 0.0440 e. The zero-order valence-corrected chi connectivity index (χ0v) is 11.8. The van der Waals surface area contributed by atoms with Crippen LogP contribution in [0.4, 0.5) is 5.69 Å².